The molecule has 1 unspecified atom stereocenters. The zero-order valence-electron chi connectivity index (χ0n) is 31.6. The number of benzene rings is 4. The van der Waals surface area contributed by atoms with Crippen molar-refractivity contribution < 1.29 is 48.0 Å². The summed E-state index contributed by atoms with van der Waals surface area (Å²) in [5.41, 5.74) is 2.89. The van der Waals surface area contributed by atoms with Crippen molar-refractivity contribution >= 4 is 61.4 Å². The number of carbonyl (C=O) groups excluding carboxylic acids is 5. The van der Waals surface area contributed by atoms with E-state index in [2.05, 4.69) is 42.5 Å². The largest absolute Gasteiger partial charge is 0.497 e. The highest BCUT2D eigenvalue weighted by atomic mass is 79.9. The molecule has 4 rings (SSSR count). The Labute approximate surface area is 343 Å². The molecule has 0 aliphatic rings. The lowest BCUT2D eigenvalue weighted by Gasteiger charge is -2.19. The first kappa shape index (κ1) is 45.3. The van der Waals surface area contributed by atoms with Crippen LogP contribution in [0.5, 0.6) is 11.5 Å². The van der Waals surface area contributed by atoms with Crippen LogP contribution in [0.15, 0.2) is 106 Å². The minimum absolute atomic E-state index is 0.00954. The van der Waals surface area contributed by atoms with Crippen LogP contribution in [0.4, 0.5) is 0 Å². The minimum atomic E-state index is -1.04. The molecule has 0 aliphatic heterocycles. The van der Waals surface area contributed by atoms with E-state index in [1.807, 2.05) is 54.6 Å². The third kappa shape index (κ3) is 15.6. The molecule has 0 saturated heterocycles. The highest BCUT2D eigenvalue weighted by Gasteiger charge is 2.27. The van der Waals surface area contributed by atoms with Crippen LogP contribution in [-0.2, 0) is 36.7 Å². The SMILES string of the molecule is COc1ccc(CCOC(=O)C(CNC(=O)c2cccc(Br)c2)C(C)=O)cc1.COc1ccc(CCOC(=O)[C@@H](CNC(=O)c2cccc(Br)c2)[C@@H](C)O)cc1. The molecule has 56 heavy (non-hydrogen) atoms. The molecule has 4 aromatic carbocycles. The van der Waals surface area contributed by atoms with Crippen LogP contribution in [0, 0.1) is 11.8 Å². The first-order valence-electron chi connectivity index (χ1n) is 17.7. The number of nitrogens with one attached hydrogen (secondary N) is 2. The zero-order valence-corrected chi connectivity index (χ0v) is 34.8. The topological polar surface area (TPSA) is 167 Å². The number of aliphatic hydroxyl groups is 1. The molecular weight excluding hydrogens is 852 g/mol. The standard InChI is InChI=1S/C21H24BrNO5.C21H22BrNO5/c2*1-14(24)19(13-23-20(25)16-4-3-5-17(22)12-16)21(26)28-11-10-15-6-8-18(27-2)9-7-15/h3-9,12,14,19,24H,10-11,13H2,1-2H3,(H,23,25);3-9,12,19H,10-11,13H2,1-2H3,(H,23,25)/t14-,19+;/m1./s1. The van der Waals surface area contributed by atoms with Crippen LogP contribution in [0.2, 0.25) is 0 Å². The van der Waals surface area contributed by atoms with Gasteiger partial charge in [0.2, 0.25) is 0 Å². The van der Waals surface area contributed by atoms with E-state index in [-0.39, 0.29) is 43.9 Å². The molecule has 12 nitrogen and oxygen atoms in total. The number of hydrogen-bond donors (Lipinski definition) is 3. The molecule has 3 atom stereocenters. The van der Waals surface area contributed by atoms with Crippen molar-refractivity contribution in [3.8, 4) is 11.5 Å². The molecule has 0 fully saturated rings. The normalized spacial score (nSPS) is 12.1. The van der Waals surface area contributed by atoms with Gasteiger partial charge < -0.3 is 34.7 Å². The Morgan fingerprint density at radius 1 is 0.643 bits per heavy atom. The van der Waals surface area contributed by atoms with Gasteiger partial charge in [0, 0.05) is 46.0 Å². The summed E-state index contributed by atoms with van der Waals surface area (Å²) in [6.07, 6.45) is 0.119. The average Bonchev–Trinajstić information content (AvgIpc) is 3.18. The quantitative estimate of drug-likeness (QED) is 0.0780. The van der Waals surface area contributed by atoms with E-state index in [0.717, 1.165) is 31.6 Å². The summed E-state index contributed by atoms with van der Waals surface area (Å²) in [7, 11) is 3.19. The summed E-state index contributed by atoms with van der Waals surface area (Å²) in [5.74, 6) is -2.59. The Balaban J connectivity index is 0.000000300. The molecule has 0 radical (unpaired) electrons. The predicted octanol–water partition coefficient (Wildman–Crippen LogP) is 6.15. The summed E-state index contributed by atoms with van der Waals surface area (Å²) in [5, 5.41) is 15.2. The summed E-state index contributed by atoms with van der Waals surface area (Å²) in [4.78, 5) is 60.8. The van der Waals surface area contributed by atoms with Gasteiger partial charge in [0.15, 0.2) is 0 Å². The lowest BCUT2D eigenvalue weighted by atomic mass is 10.0. The van der Waals surface area contributed by atoms with Crippen molar-refractivity contribution in [3.05, 3.63) is 128 Å². The van der Waals surface area contributed by atoms with Crippen molar-refractivity contribution in [2.24, 2.45) is 11.8 Å². The Hall–Kier alpha value is -5.05. The number of carbonyl (C=O) groups is 5. The molecule has 0 spiro atoms. The highest BCUT2D eigenvalue weighted by molar-refractivity contribution is 9.10. The molecule has 0 heterocycles. The van der Waals surface area contributed by atoms with Gasteiger partial charge in [0.25, 0.3) is 11.8 Å². The maximum Gasteiger partial charge on any atom is 0.318 e. The summed E-state index contributed by atoms with van der Waals surface area (Å²) < 4.78 is 22.3. The van der Waals surface area contributed by atoms with Crippen LogP contribution in [0.25, 0.3) is 0 Å². The number of halogens is 2. The smallest absolute Gasteiger partial charge is 0.318 e. The maximum absolute atomic E-state index is 12.3. The van der Waals surface area contributed by atoms with Crippen molar-refractivity contribution in [2.75, 3.05) is 40.5 Å². The van der Waals surface area contributed by atoms with E-state index < -0.39 is 29.9 Å². The molecule has 298 valence electrons. The first-order chi connectivity index (χ1) is 26.8. The van der Waals surface area contributed by atoms with Crippen LogP contribution < -0.4 is 20.1 Å². The number of amides is 2. The van der Waals surface area contributed by atoms with Crippen molar-refractivity contribution in [1.29, 1.82) is 0 Å². The second-order valence-electron chi connectivity index (χ2n) is 12.5. The molecule has 4 aromatic rings. The average molecular weight is 899 g/mol. The number of ketones is 1. The number of aliphatic hydroxyl groups excluding tert-OH is 1. The van der Waals surface area contributed by atoms with E-state index in [0.29, 0.717) is 24.0 Å². The van der Waals surface area contributed by atoms with Crippen LogP contribution in [0.1, 0.15) is 45.7 Å². The van der Waals surface area contributed by atoms with E-state index in [1.165, 1.54) is 13.8 Å². The fraction of sp³-hybridized carbons (Fsp3) is 0.310. The van der Waals surface area contributed by atoms with Gasteiger partial charge in [-0.25, -0.2) is 0 Å². The number of ether oxygens (including phenoxy) is 4. The number of esters is 2. The first-order valence-corrected chi connectivity index (χ1v) is 19.2. The molecular formula is C42H46Br2N2O10. The zero-order chi connectivity index (χ0) is 41.0. The van der Waals surface area contributed by atoms with Crippen molar-refractivity contribution in [3.63, 3.8) is 0 Å². The fourth-order valence-electron chi connectivity index (χ4n) is 5.04. The third-order valence-corrected chi connectivity index (χ3v) is 9.36. The number of Topliss-reactive ketones (excluding diaryl/α,β-unsaturated/α-hetero) is 1. The second-order valence-corrected chi connectivity index (χ2v) is 14.3. The molecule has 0 saturated carbocycles. The highest BCUT2D eigenvalue weighted by Crippen LogP contribution is 2.16. The summed E-state index contributed by atoms with van der Waals surface area (Å²) in [6, 6.07) is 28.7. The van der Waals surface area contributed by atoms with Crippen LogP contribution >= 0.6 is 31.9 Å². The van der Waals surface area contributed by atoms with E-state index in [4.69, 9.17) is 18.9 Å². The monoisotopic (exact) mass is 896 g/mol. The van der Waals surface area contributed by atoms with Crippen LogP contribution in [-0.4, -0.2) is 81.3 Å². The van der Waals surface area contributed by atoms with Crippen molar-refractivity contribution in [1.82, 2.24) is 10.6 Å². The lowest BCUT2D eigenvalue weighted by molar-refractivity contribution is -0.152. The van der Waals surface area contributed by atoms with Gasteiger partial charge >= 0.3 is 11.9 Å². The number of hydrogen-bond acceptors (Lipinski definition) is 10. The van der Waals surface area contributed by atoms with Gasteiger partial charge in [-0.2, -0.15) is 0 Å². The lowest BCUT2D eigenvalue weighted by Crippen LogP contribution is -2.39. The molecule has 0 aliphatic carbocycles. The summed E-state index contributed by atoms with van der Waals surface area (Å²) in [6.45, 7) is 3.02. The Kier molecular flexibility index (Phi) is 19.3. The fourth-order valence-corrected chi connectivity index (χ4v) is 5.83. The number of rotatable bonds is 18. The Morgan fingerprint density at radius 2 is 1.07 bits per heavy atom. The van der Waals surface area contributed by atoms with Gasteiger partial charge in [-0.15, -0.1) is 0 Å². The van der Waals surface area contributed by atoms with Gasteiger partial charge in [-0.1, -0.05) is 68.3 Å². The van der Waals surface area contributed by atoms with E-state index >= 15 is 0 Å². The predicted molar refractivity (Wildman–Crippen MR) is 218 cm³/mol. The Bertz CT molecular complexity index is 1900. The third-order valence-electron chi connectivity index (χ3n) is 8.37. The van der Waals surface area contributed by atoms with E-state index in [9.17, 15) is 29.1 Å². The molecule has 3 N–H and O–H groups in total. The molecule has 0 bridgehead atoms. The Morgan fingerprint density at radius 3 is 1.46 bits per heavy atom. The number of methoxy groups -OCH3 is 2. The van der Waals surface area contributed by atoms with E-state index in [1.54, 1.807) is 56.7 Å². The summed E-state index contributed by atoms with van der Waals surface area (Å²) >= 11 is 6.61. The van der Waals surface area contributed by atoms with Gasteiger partial charge in [0.1, 0.15) is 23.2 Å². The maximum atomic E-state index is 12.3. The molecule has 14 heteroatoms. The second kappa shape index (κ2) is 23.8. The van der Waals surface area contributed by atoms with Crippen molar-refractivity contribution in [2.45, 2.75) is 32.8 Å². The van der Waals surface area contributed by atoms with Gasteiger partial charge in [0.05, 0.1) is 39.5 Å². The molecule has 2 amide bonds. The minimum Gasteiger partial charge on any atom is -0.497 e. The van der Waals surface area contributed by atoms with Gasteiger partial charge in [-0.05, 0) is 85.6 Å². The molecule has 0 aromatic heterocycles. The van der Waals surface area contributed by atoms with Crippen LogP contribution in [0.3, 0.4) is 0 Å². The van der Waals surface area contributed by atoms with Gasteiger partial charge in [-0.3, -0.25) is 24.0 Å².